The minimum Gasteiger partial charge on any atom is -0.271 e. The summed E-state index contributed by atoms with van der Waals surface area (Å²) in [5.74, 6) is 0.386. The largest absolute Gasteiger partial charge is 0.305 e. The van der Waals surface area contributed by atoms with Gasteiger partial charge in [0.1, 0.15) is 0 Å². The molecule has 6 nitrogen and oxygen atoms in total. The maximum atomic E-state index is 15.5. The molecule has 1 aliphatic heterocycles. The summed E-state index contributed by atoms with van der Waals surface area (Å²) in [5.41, 5.74) is -3.92. The molecule has 1 saturated carbocycles. The van der Waals surface area contributed by atoms with Crippen molar-refractivity contribution in [2.24, 2.45) is 11.8 Å². The van der Waals surface area contributed by atoms with Gasteiger partial charge in [-0.3, -0.25) is 4.18 Å². The van der Waals surface area contributed by atoms with Gasteiger partial charge in [0, 0.05) is 13.1 Å². The average Bonchev–Trinajstić information content (AvgIpc) is 2.60. The number of hydrogen-bond donors (Lipinski definition) is 0. The van der Waals surface area contributed by atoms with Crippen LogP contribution in [-0.4, -0.2) is 57.0 Å². The quantitative estimate of drug-likeness (QED) is 0.600. The Morgan fingerprint density at radius 1 is 0.889 bits per heavy atom. The molecule has 0 spiro atoms. The first kappa shape index (κ1) is 22.9. The Balaban J connectivity index is 2.38. The minimum absolute atomic E-state index is 0.000875. The molecule has 1 aliphatic carbocycles. The first-order valence-corrected chi connectivity index (χ1v) is 11.8. The van der Waals surface area contributed by atoms with Crippen molar-refractivity contribution in [1.82, 2.24) is 4.31 Å². The van der Waals surface area contributed by atoms with Gasteiger partial charge in [0.05, 0.1) is 7.11 Å². The summed E-state index contributed by atoms with van der Waals surface area (Å²) in [4.78, 5) is 0. The number of rotatable bonds is 6. The van der Waals surface area contributed by atoms with E-state index in [1.807, 2.05) is 0 Å². The van der Waals surface area contributed by atoms with Crippen LogP contribution in [0.3, 0.4) is 0 Å². The van der Waals surface area contributed by atoms with E-state index >= 15 is 8.78 Å². The normalized spacial score (nSPS) is 32.0. The summed E-state index contributed by atoms with van der Waals surface area (Å²) in [6, 6.07) is 0. The highest BCUT2D eigenvalue weighted by Gasteiger charge is 2.72. The second kappa shape index (κ2) is 7.14. The number of alkyl halides is 3. The summed E-state index contributed by atoms with van der Waals surface area (Å²) < 4.78 is 99.9. The maximum absolute atomic E-state index is 15.5. The molecule has 2 rings (SSSR count). The number of hydrogen-bond acceptors (Lipinski definition) is 5. The van der Waals surface area contributed by atoms with Gasteiger partial charge in [0.15, 0.2) is 0 Å². The molecule has 27 heavy (non-hydrogen) atoms. The molecule has 0 bridgehead atoms. The summed E-state index contributed by atoms with van der Waals surface area (Å²) in [6.07, 6.45) is 4.29. The van der Waals surface area contributed by atoms with Gasteiger partial charge < -0.3 is 0 Å². The number of halogens is 3. The van der Waals surface area contributed by atoms with Crippen LogP contribution in [0.1, 0.15) is 52.9 Å². The Hall–Kier alpha value is -0.390. The summed E-state index contributed by atoms with van der Waals surface area (Å²) in [7, 11) is -9.60. The maximum Gasteiger partial charge on any atom is 0.305 e. The zero-order valence-electron chi connectivity index (χ0n) is 16.0. The van der Waals surface area contributed by atoms with Gasteiger partial charge in [-0.05, 0) is 45.4 Å². The van der Waals surface area contributed by atoms with E-state index in [1.54, 1.807) is 0 Å². The molecule has 2 fully saturated rings. The van der Waals surface area contributed by atoms with E-state index in [9.17, 15) is 21.2 Å². The number of sulfonamides is 1. The van der Waals surface area contributed by atoms with Crippen molar-refractivity contribution >= 4 is 20.1 Å². The highest BCUT2D eigenvalue weighted by Crippen LogP contribution is 2.49. The lowest BCUT2D eigenvalue weighted by atomic mass is 9.76. The zero-order chi connectivity index (χ0) is 20.9. The fourth-order valence-electron chi connectivity index (χ4n) is 4.06. The lowest BCUT2D eigenvalue weighted by Crippen LogP contribution is -2.66. The first-order chi connectivity index (χ1) is 12.1. The standard InChI is InChI=1S/C16H28F3NO5S2/c1-14(17,16(3,19)27(23,24)25-4)15(2,18)26(21,22)20-10-9-12-7-5-6-8-13(12)11-20/h12-13H,5-11H2,1-4H3. The van der Waals surface area contributed by atoms with Gasteiger partial charge in [-0.15, -0.1) is 0 Å². The van der Waals surface area contributed by atoms with E-state index in [0.717, 1.165) is 30.0 Å². The van der Waals surface area contributed by atoms with E-state index in [4.69, 9.17) is 0 Å². The van der Waals surface area contributed by atoms with Crippen LogP contribution in [-0.2, 0) is 24.3 Å². The van der Waals surface area contributed by atoms with E-state index in [0.29, 0.717) is 33.3 Å². The molecule has 160 valence electrons. The second-order valence-electron chi connectivity index (χ2n) is 7.91. The van der Waals surface area contributed by atoms with Crippen molar-refractivity contribution < 1.29 is 34.2 Å². The van der Waals surface area contributed by atoms with E-state index in [2.05, 4.69) is 4.18 Å². The zero-order valence-corrected chi connectivity index (χ0v) is 17.7. The molecule has 11 heteroatoms. The molecule has 5 unspecified atom stereocenters. The Kier molecular flexibility index (Phi) is 6.05. The van der Waals surface area contributed by atoms with Gasteiger partial charge in [0.25, 0.3) is 20.0 Å². The van der Waals surface area contributed by atoms with Gasteiger partial charge >= 0.3 is 10.1 Å². The molecule has 0 radical (unpaired) electrons. The van der Waals surface area contributed by atoms with Crippen LogP contribution in [0, 0.1) is 11.8 Å². The monoisotopic (exact) mass is 435 g/mol. The van der Waals surface area contributed by atoms with Crippen LogP contribution in [0.5, 0.6) is 0 Å². The highest BCUT2D eigenvalue weighted by molar-refractivity contribution is 7.90. The lowest BCUT2D eigenvalue weighted by Gasteiger charge is -2.45. The molecule has 5 atom stereocenters. The fraction of sp³-hybridized carbons (Fsp3) is 1.00. The summed E-state index contributed by atoms with van der Waals surface area (Å²) in [5, 5.41) is -7.74. The van der Waals surface area contributed by atoms with E-state index in [-0.39, 0.29) is 25.9 Å². The van der Waals surface area contributed by atoms with E-state index < -0.39 is 35.8 Å². The summed E-state index contributed by atoms with van der Waals surface area (Å²) >= 11 is 0. The number of piperidine rings is 1. The van der Waals surface area contributed by atoms with Crippen LogP contribution in [0.2, 0.25) is 0 Å². The van der Waals surface area contributed by atoms with Crippen molar-refractivity contribution in [2.45, 2.75) is 68.5 Å². The van der Waals surface area contributed by atoms with Gasteiger partial charge in [0.2, 0.25) is 5.67 Å². The van der Waals surface area contributed by atoms with Gasteiger partial charge in [-0.1, -0.05) is 19.3 Å². The third-order valence-electron chi connectivity index (χ3n) is 6.44. The predicted octanol–water partition coefficient (Wildman–Crippen LogP) is 2.90. The summed E-state index contributed by atoms with van der Waals surface area (Å²) in [6.45, 7) is 0.973. The third-order valence-corrected chi connectivity index (χ3v) is 10.6. The Morgan fingerprint density at radius 2 is 1.41 bits per heavy atom. The number of fused-ring (bicyclic) bond motifs is 1. The fourth-order valence-corrected chi connectivity index (χ4v) is 6.99. The van der Waals surface area contributed by atoms with Crippen molar-refractivity contribution in [1.29, 1.82) is 0 Å². The molecular formula is C16H28F3NO5S2. The predicted molar refractivity (Wildman–Crippen MR) is 95.0 cm³/mol. The van der Waals surface area contributed by atoms with Crippen molar-refractivity contribution in [3.05, 3.63) is 0 Å². The van der Waals surface area contributed by atoms with Crippen LogP contribution in [0.4, 0.5) is 13.2 Å². The average molecular weight is 436 g/mol. The molecule has 1 saturated heterocycles. The SMILES string of the molecule is COS(=O)(=O)C(C)(F)C(C)(F)C(C)(F)S(=O)(=O)N1CCC2CCCCC2C1. The molecular weight excluding hydrogens is 407 g/mol. The molecule has 2 aliphatic rings. The van der Waals surface area contributed by atoms with Crippen LogP contribution in [0.25, 0.3) is 0 Å². The van der Waals surface area contributed by atoms with Crippen molar-refractivity contribution in [3.63, 3.8) is 0 Å². The second-order valence-corrected chi connectivity index (χ2v) is 12.2. The van der Waals surface area contributed by atoms with Gasteiger partial charge in [-0.25, -0.2) is 21.6 Å². The lowest BCUT2D eigenvalue weighted by molar-refractivity contribution is -0.0450. The van der Waals surface area contributed by atoms with Crippen LogP contribution >= 0.6 is 0 Å². The Bertz CT molecular complexity index is 765. The first-order valence-electron chi connectivity index (χ1n) is 9.00. The minimum atomic E-state index is -5.21. The molecule has 0 amide bonds. The van der Waals surface area contributed by atoms with Gasteiger partial charge in [-0.2, -0.15) is 12.7 Å². The molecule has 0 N–H and O–H groups in total. The third kappa shape index (κ3) is 3.42. The van der Waals surface area contributed by atoms with Crippen LogP contribution in [0.15, 0.2) is 0 Å². The molecule has 0 aromatic carbocycles. The smallest absolute Gasteiger partial charge is 0.271 e. The Morgan fingerprint density at radius 3 is 1.93 bits per heavy atom. The Labute approximate surface area is 159 Å². The van der Waals surface area contributed by atoms with E-state index in [1.165, 1.54) is 0 Å². The van der Waals surface area contributed by atoms with Crippen molar-refractivity contribution in [2.75, 3.05) is 20.2 Å². The number of nitrogens with zero attached hydrogens (tertiary/aromatic N) is 1. The molecule has 0 aromatic rings. The van der Waals surface area contributed by atoms with Crippen molar-refractivity contribution in [3.8, 4) is 0 Å². The molecule has 0 aromatic heterocycles. The molecule has 1 heterocycles. The highest BCUT2D eigenvalue weighted by atomic mass is 32.2. The van der Waals surface area contributed by atoms with Crippen LogP contribution < -0.4 is 0 Å². The topological polar surface area (TPSA) is 80.8 Å².